The Labute approximate surface area is 149 Å². The van der Waals surface area contributed by atoms with Crippen molar-refractivity contribution < 1.29 is 27.8 Å². The van der Waals surface area contributed by atoms with Crippen LogP contribution in [0.25, 0.3) is 0 Å². The Morgan fingerprint density at radius 2 is 1.69 bits per heavy atom. The maximum atomic E-state index is 12.2. The minimum absolute atomic E-state index is 0.0720. The van der Waals surface area contributed by atoms with Gasteiger partial charge in [-0.05, 0) is 62.2 Å². The first-order valence-corrected chi connectivity index (χ1v) is 7.90. The summed E-state index contributed by atoms with van der Waals surface area (Å²) < 4.78 is 33.6. The van der Waals surface area contributed by atoms with E-state index in [1.165, 1.54) is 31.2 Å². The van der Waals surface area contributed by atoms with Gasteiger partial charge in [-0.2, -0.15) is 8.78 Å². The molecule has 5 nitrogen and oxygen atoms in total. The molecule has 0 bridgehead atoms. The van der Waals surface area contributed by atoms with Crippen LogP contribution in [0, 0.1) is 13.8 Å². The number of carbonyl (C=O) groups is 2. The summed E-state index contributed by atoms with van der Waals surface area (Å²) in [6.45, 7) is 2.27. The molecule has 138 valence electrons. The highest BCUT2D eigenvalue weighted by Crippen LogP contribution is 2.18. The van der Waals surface area contributed by atoms with Gasteiger partial charge in [0.1, 0.15) is 5.75 Å². The quantitative estimate of drug-likeness (QED) is 0.785. The molecule has 0 saturated carbocycles. The second-order valence-electron chi connectivity index (χ2n) is 5.76. The Morgan fingerprint density at radius 1 is 1.04 bits per heavy atom. The number of amides is 1. The Bertz CT molecular complexity index is 791. The Kier molecular flexibility index (Phi) is 6.27. The van der Waals surface area contributed by atoms with E-state index in [0.717, 1.165) is 11.1 Å². The second-order valence-corrected chi connectivity index (χ2v) is 5.76. The van der Waals surface area contributed by atoms with Gasteiger partial charge in [-0.3, -0.25) is 4.79 Å². The molecule has 0 aliphatic rings. The molecule has 2 rings (SSSR count). The van der Waals surface area contributed by atoms with Crippen LogP contribution in [0.15, 0.2) is 42.5 Å². The van der Waals surface area contributed by atoms with Gasteiger partial charge >= 0.3 is 12.6 Å². The van der Waals surface area contributed by atoms with Crippen LogP contribution in [-0.2, 0) is 9.53 Å². The van der Waals surface area contributed by atoms with Gasteiger partial charge in [-0.1, -0.05) is 12.1 Å². The molecule has 0 radical (unpaired) electrons. The van der Waals surface area contributed by atoms with Crippen LogP contribution in [0.3, 0.4) is 0 Å². The minimum Gasteiger partial charge on any atom is -0.449 e. The SMILES string of the molecule is Cc1ccc(C)c(NC(=O)[C@H](C)OC(=O)c2ccc(OC(F)F)cc2)c1. The molecule has 0 fully saturated rings. The molecular weight excluding hydrogens is 344 g/mol. The minimum atomic E-state index is -2.94. The number of hydrogen-bond acceptors (Lipinski definition) is 4. The first-order valence-electron chi connectivity index (χ1n) is 7.90. The Balaban J connectivity index is 1.97. The van der Waals surface area contributed by atoms with Crippen LogP contribution in [-0.4, -0.2) is 24.6 Å². The second kappa shape index (κ2) is 8.42. The molecule has 1 amide bonds. The number of esters is 1. The molecule has 2 aromatic rings. The maximum Gasteiger partial charge on any atom is 0.387 e. The fraction of sp³-hybridized carbons (Fsp3) is 0.263. The number of rotatable bonds is 6. The van der Waals surface area contributed by atoms with Crippen molar-refractivity contribution in [3.8, 4) is 5.75 Å². The van der Waals surface area contributed by atoms with Crippen molar-refractivity contribution in [2.45, 2.75) is 33.5 Å². The standard InChI is InChI=1S/C19H19F2NO4/c1-11-4-5-12(2)16(10-11)22-17(23)13(3)25-18(24)14-6-8-15(9-7-14)26-19(20)21/h4-10,13,19H,1-3H3,(H,22,23)/t13-/m0/s1. The molecule has 2 aromatic carbocycles. The number of anilines is 1. The van der Waals surface area contributed by atoms with Gasteiger partial charge in [-0.15, -0.1) is 0 Å². The molecule has 0 saturated heterocycles. The predicted octanol–water partition coefficient (Wildman–Crippen LogP) is 4.09. The van der Waals surface area contributed by atoms with Gasteiger partial charge in [0.25, 0.3) is 5.91 Å². The number of hydrogen-bond donors (Lipinski definition) is 1. The molecule has 7 heteroatoms. The van der Waals surface area contributed by atoms with Gasteiger partial charge in [0.2, 0.25) is 0 Å². The summed E-state index contributed by atoms with van der Waals surface area (Å²) in [6, 6.07) is 10.7. The van der Waals surface area contributed by atoms with Crippen LogP contribution in [0.5, 0.6) is 5.75 Å². The van der Waals surface area contributed by atoms with Gasteiger partial charge in [-0.25, -0.2) is 4.79 Å². The Morgan fingerprint density at radius 3 is 2.31 bits per heavy atom. The summed E-state index contributed by atoms with van der Waals surface area (Å²) in [6.07, 6.45) is -1.03. The van der Waals surface area contributed by atoms with Crippen molar-refractivity contribution in [3.05, 3.63) is 59.2 Å². The number of carbonyl (C=O) groups excluding carboxylic acids is 2. The molecule has 0 spiro atoms. The van der Waals surface area contributed by atoms with E-state index < -0.39 is 24.6 Å². The number of ether oxygens (including phenoxy) is 2. The zero-order valence-corrected chi connectivity index (χ0v) is 14.6. The van der Waals surface area contributed by atoms with Crippen molar-refractivity contribution in [2.75, 3.05) is 5.32 Å². The lowest BCUT2D eigenvalue weighted by Crippen LogP contribution is -2.30. The molecule has 0 aliphatic carbocycles. The molecule has 0 heterocycles. The smallest absolute Gasteiger partial charge is 0.387 e. The van der Waals surface area contributed by atoms with E-state index in [4.69, 9.17) is 4.74 Å². The number of benzene rings is 2. The van der Waals surface area contributed by atoms with Crippen molar-refractivity contribution >= 4 is 17.6 Å². The van der Waals surface area contributed by atoms with E-state index in [2.05, 4.69) is 10.1 Å². The third-order valence-corrected chi connectivity index (χ3v) is 3.62. The lowest BCUT2D eigenvalue weighted by molar-refractivity contribution is -0.123. The summed E-state index contributed by atoms with van der Waals surface area (Å²) in [5.41, 5.74) is 2.64. The van der Waals surface area contributed by atoms with E-state index >= 15 is 0 Å². The van der Waals surface area contributed by atoms with Crippen LogP contribution >= 0.6 is 0 Å². The van der Waals surface area contributed by atoms with Crippen LogP contribution in [0.1, 0.15) is 28.4 Å². The number of aryl methyl sites for hydroxylation is 2. The molecule has 26 heavy (non-hydrogen) atoms. The average Bonchev–Trinajstić information content (AvgIpc) is 2.58. The van der Waals surface area contributed by atoms with Crippen LogP contribution in [0.4, 0.5) is 14.5 Å². The fourth-order valence-corrected chi connectivity index (χ4v) is 2.16. The molecule has 1 atom stereocenters. The molecule has 0 aliphatic heterocycles. The first-order chi connectivity index (χ1) is 12.3. The van der Waals surface area contributed by atoms with Gasteiger partial charge in [0.05, 0.1) is 5.56 Å². The fourth-order valence-electron chi connectivity index (χ4n) is 2.16. The summed E-state index contributed by atoms with van der Waals surface area (Å²) in [4.78, 5) is 24.3. The normalized spacial score (nSPS) is 11.8. The van der Waals surface area contributed by atoms with Crippen molar-refractivity contribution in [3.63, 3.8) is 0 Å². The summed E-state index contributed by atoms with van der Waals surface area (Å²) in [7, 11) is 0. The van der Waals surface area contributed by atoms with E-state index in [1.54, 1.807) is 0 Å². The zero-order valence-electron chi connectivity index (χ0n) is 14.6. The number of halogens is 2. The van der Waals surface area contributed by atoms with Crippen LogP contribution < -0.4 is 10.1 Å². The maximum absolute atomic E-state index is 12.2. The lowest BCUT2D eigenvalue weighted by atomic mass is 10.1. The van der Waals surface area contributed by atoms with Gasteiger partial charge < -0.3 is 14.8 Å². The van der Waals surface area contributed by atoms with Gasteiger partial charge in [0.15, 0.2) is 6.10 Å². The van der Waals surface area contributed by atoms with Crippen molar-refractivity contribution in [1.82, 2.24) is 0 Å². The summed E-state index contributed by atoms with van der Waals surface area (Å²) in [5.74, 6) is -1.28. The molecule has 0 aromatic heterocycles. The highest BCUT2D eigenvalue weighted by molar-refractivity contribution is 5.97. The molecular formula is C19H19F2NO4. The number of nitrogens with one attached hydrogen (secondary N) is 1. The number of alkyl halides is 2. The third-order valence-electron chi connectivity index (χ3n) is 3.62. The third kappa shape index (κ3) is 5.27. The lowest BCUT2D eigenvalue weighted by Gasteiger charge is -2.15. The summed E-state index contributed by atoms with van der Waals surface area (Å²) in [5, 5.41) is 2.72. The highest BCUT2D eigenvalue weighted by Gasteiger charge is 2.20. The Hall–Kier alpha value is -2.96. The molecule has 1 N–H and O–H groups in total. The van der Waals surface area contributed by atoms with Crippen molar-refractivity contribution in [1.29, 1.82) is 0 Å². The van der Waals surface area contributed by atoms with E-state index in [0.29, 0.717) is 5.69 Å². The predicted molar refractivity (Wildman–Crippen MR) is 92.5 cm³/mol. The summed E-state index contributed by atoms with van der Waals surface area (Å²) >= 11 is 0. The van der Waals surface area contributed by atoms with Gasteiger partial charge in [0, 0.05) is 5.69 Å². The van der Waals surface area contributed by atoms with Crippen LogP contribution in [0.2, 0.25) is 0 Å². The monoisotopic (exact) mass is 363 g/mol. The van der Waals surface area contributed by atoms with E-state index in [9.17, 15) is 18.4 Å². The average molecular weight is 363 g/mol. The largest absolute Gasteiger partial charge is 0.449 e. The van der Waals surface area contributed by atoms with E-state index in [-0.39, 0.29) is 11.3 Å². The topological polar surface area (TPSA) is 64.6 Å². The molecule has 0 unspecified atom stereocenters. The first kappa shape index (κ1) is 19.4. The van der Waals surface area contributed by atoms with Crippen molar-refractivity contribution in [2.24, 2.45) is 0 Å². The van der Waals surface area contributed by atoms with E-state index in [1.807, 2.05) is 32.0 Å². The highest BCUT2D eigenvalue weighted by atomic mass is 19.3. The zero-order chi connectivity index (χ0) is 19.3.